The van der Waals surface area contributed by atoms with Crippen molar-refractivity contribution in [3.63, 3.8) is 0 Å². The third kappa shape index (κ3) is 6.45. The predicted molar refractivity (Wildman–Crippen MR) is 103 cm³/mol. The van der Waals surface area contributed by atoms with E-state index in [-0.39, 0.29) is 0 Å². The van der Waals surface area contributed by atoms with Crippen molar-refractivity contribution >= 4 is 0 Å². The highest BCUT2D eigenvalue weighted by molar-refractivity contribution is 5.27. The van der Waals surface area contributed by atoms with Gasteiger partial charge in [0, 0.05) is 19.6 Å². The summed E-state index contributed by atoms with van der Waals surface area (Å²) in [5.74, 6) is 1.66. The van der Waals surface area contributed by atoms with Gasteiger partial charge in [-0.2, -0.15) is 0 Å². The molecule has 1 atom stereocenters. The topological polar surface area (TPSA) is 41.9 Å². The van der Waals surface area contributed by atoms with Crippen LogP contribution in [0, 0.1) is 5.92 Å². The average Bonchev–Trinajstić information content (AvgIpc) is 3.47. The lowest BCUT2D eigenvalue weighted by Gasteiger charge is -2.25. The van der Waals surface area contributed by atoms with Gasteiger partial charge in [0.15, 0.2) is 0 Å². The first-order valence-corrected chi connectivity index (χ1v) is 9.38. The second-order valence-corrected chi connectivity index (χ2v) is 7.14. The molecule has 4 nitrogen and oxygen atoms in total. The van der Waals surface area contributed by atoms with Crippen LogP contribution in [0.2, 0.25) is 0 Å². The Morgan fingerprint density at radius 1 is 1.04 bits per heavy atom. The maximum absolute atomic E-state index is 10.4. The standard InChI is InChI=1S/C22H29NO3/c1-25-22-11-9-19(10-12-22)14-23(13-18-7-8-18)15-21(24)17-26-16-20-5-3-2-4-6-20/h2-6,9-12,18,21,24H,7-8,13-17H2,1H3/t21-/m1/s1. The SMILES string of the molecule is COc1ccc(CN(CC2CC2)C[C@@H](O)COCc2ccccc2)cc1. The minimum absolute atomic E-state index is 0.360. The smallest absolute Gasteiger partial charge is 0.118 e. The summed E-state index contributed by atoms with van der Waals surface area (Å²) in [4.78, 5) is 2.34. The number of nitrogens with zero attached hydrogens (tertiary/aromatic N) is 1. The first kappa shape index (κ1) is 18.9. The molecule has 2 aromatic rings. The molecule has 0 bridgehead atoms. The molecule has 0 aromatic heterocycles. The van der Waals surface area contributed by atoms with Crippen LogP contribution in [0.3, 0.4) is 0 Å². The van der Waals surface area contributed by atoms with Crippen molar-refractivity contribution in [1.29, 1.82) is 0 Å². The fourth-order valence-electron chi connectivity index (χ4n) is 3.10. The van der Waals surface area contributed by atoms with Gasteiger partial charge in [-0.05, 0) is 42.0 Å². The number of aliphatic hydroxyl groups is 1. The summed E-state index contributed by atoms with van der Waals surface area (Å²) in [6, 6.07) is 18.2. The fourth-order valence-corrected chi connectivity index (χ4v) is 3.10. The van der Waals surface area contributed by atoms with E-state index in [4.69, 9.17) is 9.47 Å². The van der Waals surface area contributed by atoms with Crippen LogP contribution in [-0.2, 0) is 17.9 Å². The summed E-state index contributed by atoms with van der Waals surface area (Å²) in [5.41, 5.74) is 2.37. The minimum Gasteiger partial charge on any atom is -0.497 e. The van der Waals surface area contributed by atoms with Crippen molar-refractivity contribution in [1.82, 2.24) is 4.90 Å². The summed E-state index contributed by atoms with van der Waals surface area (Å²) >= 11 is 0. The molecule has 1 N–H and O–H groups in total. The Balaban J connectivity index is 1.46. The maximum atomic E-state index is 10.4. The molecule has 1 saturated carbocycles. The van der Waals surface area contributed by atoms with Crippen LogP contribution in [-0.4, -0.2) is 42.9 Å². The molecule has 26 heavy (non-hydrogen) atoms. The Labute approximate surface area is 156 Å². The molecule has 140 valence electrons. The summed E-state index contributed by atoms with van der Waals surface area (Å²) in [6.45, 7) is 3.42. The largest absolute Gasteiger partial charge is 0.497 e. The molecule has 1 aliphatic carbocycles. The highest BCUT2D eigenvalue weighted by atomic mass is 16.5. The molecular weight excluding hydrogens is 326 g/mol. The second-order valence-electron chi connectivity index (χ2n) is 7.14. The van der Waals surface area contributed by atoms with Gasteiger partial charge in [0.1, 0.15) is 5.75 Å². The quantitative estimate of drug-likeness (QED) is 0.670. The van der Waals surface area contributed by atoms with Gasteiger partial charge in [0.25, 0.3) is 0 Å². The molecular formula is C22H29NO3. The van der Waals surface area contributed by atoms with Gasteiger partial charge in [0.2, 0.25) is 0 Å². The van der Waals surface area contributed by atoms with E-state index in [0.717, 1.165) is 30.3 Å². The molecule has 3 rings (SSSR count). The Bertz CT molecular complexity index is 640. The number of methoxy groups -OCH3 is 1. The zero-order valence-electron chi connectivity index (χ0n) is 15.5. The van der Waals surface area contributed by atoms with E-state index in [1.165, 1.54) is 18.4 Å². The van der Waals surface area contributed by atoms with Gasteiger partial charge in [-0.25, -0.2) is 0 Å². The van der Waals surface area contributed by atoms with Gasteiger partial charge in [-0.1, -0.05) is 42.5 Å². The molecule has 0 amide bonds. The third-order valence-electron chi connectivity index (χ3n) is 4.67. The summed E-state index contributed by atoms with van der Waals surface area (Å²) in [6.07, 6.45) is 2.13. The molecule has 0 spiro atoms. The normalized spacial score (nSPS) is 15.2. The van der Waals surface area contributed by atoms with Crippen molar-refractivity contribution in [3.05, 3.63) is 65.7 Å². The van der Waals surface area contributed by atoms with Crippen molar-refractivity contribution in [2.45, 2.75) is 32.1 Å². The predicted octanol–water partition coefficient (Wildman–Crippen LogP) is 3.48. The van der Waals surface area contributed by atoms with Gasteiger partial charge >= 0.3 is 0 Å². The monoisotopic (exact) mass is 355 g/mol. The summed E-state index contributed by atoms with van der Waals surface area (Å²) in [7, 11) is 1.68. The Morgan fingerprint density at radius 2 is 1.77 bits per heavy atom. The van der Waals surface area contributed by atoms with E-state index in [1.807, 2.05) is 42.5 Å². The van der Waals surface area contributed by atoms with E-state index < -0.39 is 6.10 Å². The average molecular weight is 355 g/mol. The zero-order valence-corrected chi connectivity index (χ0v) is 15.5. The van der Waals surface area contributed by atoms with Crippen LogP contribution in [0.15, 0.2) is 54.6 Å². The molecule has 0 saturated heterocycles. The fraction of sp³-hybridized carbons (Fsp3) is 0.455. The van der Waals surface area contributed by atoms with Crippen LogP contribution >= 0.6 is 0 Å². The Kier molecular flexibility index (Phi) is 7.06. The number of hydrogen-bond acceptors (Lipinski definition) is 4. The first-order chi connectivity index (χ1) is 12.7. The van der Waals surface area contributed by atoms with Crippen LogP contribution in [0.4, 0.5) is 0 Å². The van der Waals surface area contributed by atoms with Crippen molar-refractivity contribution < 1.29 is 14.6 Å². The number of ether oxygens (including phenoxy) is 2. The van der Waals surface area contributed by atoms with E-state index in [0.29, 0.717) is 19.8 Å². The lowest BCUT2D eigenvalue weighted by atomic mass is 10.2. The van der Waals surface area contributed by atoms with Crippen LogP contribution in [0.5, 0.6) is 5.75 Å². The number of benzene rings is 2. The Morgan fingerprint density at radius 3 is 2.42 bits per heavy atom. The van der Waals surface area contributed by atoms with Crippen LogP contribution in [0.25, 0.3) is 0 Å². The second kappa shape index (κ2) is 9.72. The lowest BCUT2D eigenvalue weighted by Crippen LogP contribution is -2.35. The van der Waals surface area contributed by atoms with Crippen LogP contribution in [0.1, 0.15) is 24.0 Å². The van der Waals surface area contributed by atoms with Crippen LogP contribution < -0.4 is 4.74 Å². The number of aliphatic hydroxyl groups excluding tert-OH is 1. The number of hydrogen-bond donors (Lipinski definition) is 1. The first-order valence-electron chi connectivity index (χ1n) is 9.38. The molecule has 1 aliphatic rings. The molecule has 2 aromatic carbocycles. The summed E-state index contributed by atoms with van der Waals surface area (Å²) in [5, 5.41) is 10.4. The van der Waals surface area contributed by atoms with E-state index >= 15 is 0 Å². The van der Waals surface area contributed by atoms with Gasteiger partial charge in [0.05, 0.1) is 26.4 Å². The van der Waals surface area contributed by atoms with E-state index in [2.05, 4.69) is 17.0 Å². The third-order valence-corrected chi connectivity index (χ3v) is 4.67. The number of rotatable bonds is 11. The molecule has 0 radical (unpaired) electrons. The van der Waals surface area contributed by atoms with Crippen molar-refractivity contribution in [3.8, 4) is 5.75 Å². The maximum Gasteiger partial charge on any atom is 0.118 e. The Hall–Kier alpha value is -1.88. The molecule has 4 heteroatoms. The van der Waals surface area contributed by atoms with Crippen molar-refractivity contribution in [2.75, 3.05) is 26.8 Å². The highest BCUT2D eigenvalue weighted by Gasteiger charge is 2.25. The molecule has 0 aliphatic heterocycles. The molecule has 0 unspecified atom stereocenters. The van der Waals surface area contributed by atoms with E-state index in [1.54, 1.807) is 7.11 Å². The highest BCUT2D eigenvalue weighted by Crippen LogP contribution is 2.30. The molecule has 1 fully saturated rings. The molecule has 0 heterocycles. The lowest BCUT2D eigenvalue weighted by molar-refractivity contribution is 0.00780. The van der Waals surface area contributed by atoms with E-state index in [9.17, 15) is 5.11 Å². The van der Waals surface area contributed by atoms with Gasteiger partial charge < -0.3 is 14.6 Å². The summed E-state index contributed by atoms with van der Waals surface area (Å²) < 4.78 is 10.9. The van der Waals surface area contributed by atoms with Gasteiger partial charge in [-0.3, -0.25) is 4.90 Å². The van der Waals surface area contributed by atoms with Gasteiger partial charge in [-0.15, -0.1) is 0 Å². The zero-order chi connectivity index (χ0) is 18.2. The minimum atomic E-state index is -0.476. The van der Waals surface area contributed by atoms with Crippen molar-refractivity contribution in [2.24, 2.45) is 5.92 Å².